The molecule has 15 atom stereocenters. The molecule has 5 heterocycles. The summed E-state index contributed by atoms with van der Waals surface area (Å²) in [7, 11) is 3.89. The average molecular weight is 1890 g/mol. The Labute approximate surface area is 776 Å². The molecule has 45 heteroatoms. The molecule has 132 heavy (non-hydrogen) atoms. The zero-order valence-electron chi connectivity index (χ0n) is 75.1. The third-order valence-corrected chi connectivity index (χ3v) is 25.9. The van der Waals surface area contributed by atoms with Crippen LogP contribution in [0.4, 0.5) is 0 Å². The Bertz CT molecular complexity index is 4960. The van der Waals surface area contributed by atoms with E-state index >= 15 is 33.6 Å². The Morgan fingerprint density at radius 1 is 0.598 bits per heavy atom. The molecule has 24 N–H and O–H groups in total. The van der Waals surface area contributed by atoms with Crippen molar-refractivity contribution < 1.29 is 96.8 Å². The van der Waals surface area contributed by atoms with Gasteiger partial charge in [-0.15, -0.1) is 23.1 Å². The van der Waals surface area contributed by atoms with Crippen molar-refractivity contribution in [2.45, 2.75) is 208 Å². The number of hydrogen-bond donors (Lipinski definition) is 20. The summed E-state index contributed by atoms with van der Waals surface area (Å²) in [5.41, 5.74) is 25.0. The standard InChI is InChI=1S/C87H124N22O20S3/c1-9-10-21-65-79(122)97-56(20-15-29-93-87(91)92)75(118)104-64(74(117)95-40-71(90)114)44-131-45-72(115)96-59(33-48-24-26-51(111)27-25-48)82(125)105(5)47(4)73(116)99-61(37-70(89)113)84(127)108-30-16-22-66(108)80(123)102-62(38-88)77(120)100-58(32-46(2)3)85(128)109-41-52(112)36-68(109)81(124)98-57(34-49-39-94-55-19-13-11-17-53(49)55)76(119)103-63(42-110)78(121)101-60(35-50-43-132-69-23-14-12-18-54(50)69)83(126)107(7)67(28-31-130-8)86(129)106(65)6/h11-14,17-19,23-27,39,43,46-47,52,56-68,94,110-112H,9-10,15-16,20-22,28-38,40-42,44-45,88H2,1-8H3,(H2,89,113)(H2,90,114)(H,95,117)(H,96,115)(H,97,122)(H,98,124)(H,99,116)(H,100,120)(H,101,121)(H,102,123)(H,103,119)(H,104,118)(H4,91,92,93)/t47-,52+,56-,57-,58-,59-,60-,61-,62-,63-,64?,65-,66-,67-,68-/m0/s1. The van der Waals surface area contributed by atoms with Gasteiger partial charge in [0, 0.05) is 101 Å². The Morgan fingerprint density at radius 2 is 1.19 bits per heavy atom. The second-order valence-electron chi connectivity index (χ2n) is 33.5. The number of carbonyl (C=O) groups excluding carboxylic acids is 17. The molecular weight excluding hydrogens is 1770 g/mol. The van der Waals surface area contributed by atoms with E-state index in [1.807, 2.05) is 25.1 Å². The van der Waals surface area contributed by atoms with Crippen LogP contribution in [-0.4, -0.2) is 326 Å². The molecule has 720 valence electrons. The summed E-state index contributed by atoms with van der Waals surface area (Å²) in [6.07, 6.45) is 0.614. The number of benzene rings is 3. The number of rotatable bonds is 25. The van der Waals surface area contributed by atoms with Crippen molar-refractivity contribution in [3.8, 4) is 5.75 Å². The van der Waals surface area contributed by atoms with Gasteiger partial charge in [-0.3, -0.25) is 86.9 Å². The van der Waals surface area contributed by atoms with E-state index in [0.717, 1.165) is 41.0 Å². The molecule has 3 aliphatic rings. The molecule has 3 aromatic carbocycles. The van der Waals surface area contributed by atoms with Gasteiger partial charge < -0.3 is 126 Å². The number of phenolic OH excluding ortho intramolecular Hbond substituents is 1. The molecule has 17 amide bonds. The van der Waals surface area contributed by atoms with Gasteiger partial charge in [0.1, 0.15) is 90.3 Å². The van der Waals surface area contributed by atoms with Crippen LogP contribution in [0, 0.1) is 11.3 Å². The first-order valence-corrected chi connectivity index (χ1v) is 47.1. The lowest BCUT2D eigenvalue weighted by Gasteiger charge is -2.36. The van der Waals surface area contributed by atoms with Gasteiger partial charge in [-0.05, 0) is 122 Å². The molecule has 0 saturated carbocycles. The van der Waals surface area contributed by atoms with E-state index in [9.17, 15) is 63.3 Å². The normalized spacial score (nSPS) is 25.1. The maximum absolute atomic E-state index is 15.7. The van der Waals surface area contributed by atoms with E-state index in [4.69, 9.17) is 28.3 Å². The van der Waals surface area contributed by atoms with Gasteiger partial charge in [-0.2, -0.15) is 11.8 Å². The molecule has 3 fully saturated rings. The van der Waals surface area contributed by atoms with Crippen LogP contribution in [0.3, 0.4) is 0 Å². The highest BCUT2D eigenvalue weighted by Crippen LogP contribution is 2.30. The fourth-order valence-electron chi connectivity index (χ4n) is 15.9. The Balaban J connectivity index is 1.19. The van der Waals surface area contributed by atoms with Gasteiger partial charge in [0.15, 0.2) is 5.96 Å². The lowest BCUT2D eigenvalue weighted by molar-refractivity contribution is -0.149. The summed E-state index contributed by atoms with van der Waals surface area (Å²) in [6, 6.07) is -2.09. The highest BCUT2D eigenvalue weighted by Gasteiger charge is 2.47. The lowest BCUT2D eigenvalue weighted by atomic mass is 10.0. The van der Waals surface area contributed by atoms with Crippen molar-refractivity contribution in [3.63, 3.8) is 0 Å². The first-order chi connectivity index (χ1) is 62.8. The SMILES string of the molecule is CCCC[C@H]1C(=O)N[C@@H](CCCNC(=N)N)C(=O)NC(C(=O)NCC(N)=O)CSCC(=O)N[C@@H](Cc2ccc(O)cc2)C(=O)N(C)[C@@H](C)C(=O)N[C@@H](CC(N)=O)C(=O)N2CCC[C@H]2C(=O)N[C@@H](CN)C(=O)N[C@@H](CC(C)C)C(=O)N2C[C@H](O)C[C@H]2C(=O)N[C@@H](Cc2c[nH]c3ccccc23)C(=O)N[C@@H](CO)C(=O)N[C@@H](Cc2csc3ccccc23)C(=O)N(C)[C@@H](CCSC)C(=O)N1C. The van der Waals surface area contributed by atoms with E-state index in [-0.39, 0.29) is 101 Å². The van der Waals surface area contributed by atoms with Crippen molar-refractivity contribution in [1.82, 2.24) is 88.0 Å². The number of aliphatic hydroxyl groups excluding tert-OH is 2. The molecule has 0 radical (unpaired) electrons. The maximum atomic E-state index is 15.7. The van der Waals surface area contributed by atoms with Crippen LogP contribution in [-0.2, 0) is 101 Å². The molecule has 1 unspecified atom stereocenters. The second kappa shape index (κ2) is 50.4. The zero-order valence-corrected chi connectivity index (χ0v) is 77.6. The number of H-pyrrole nitrogens is 1. The number of nitrogens with zero attached hydrogens (tertiary/aromatic N) is 5. The minimum atomic E-state index is -1.88. The number of guanidine groups is 1. The number of hydrogen-bond acceptors (Lipinski definition) is 25. The minimum Gasteiger partial charge on any atom is -0.508 e. The van der Waals surface area contributed by atoms with Crippen molar-refractivity contribution in [1.29, 1.82) is 5.41 Å². The Kier molecular flexibility index (Phi) is 40.2. The van der Waals surface area contributed by atoms with Gasteiger partial charge in [0.2, 0.25) is 100 Å². The highest BCUT2D eigenvalue weighted by atomic mass is 32.2. The number of amides is 17. The monoisotopic (exact) mass is 1890 g/mol. The number of nitrogens with two attached hydrogens (primary N) is 4. The number of para-hydroxylation sites is 1. The van der Waals surface area contributed by atoms with Crippen molar-refractivity contribution in [2.24, 2.45) is 28.9 Å². The van der Waals surface area contributed by atoms with Gasteiger partial charge in [-0.1, -0.05) is 82.1 Å². The number of fused-ring (bicyclic) bond motifs is 4. The fourth-order valence-corrected chi connectivity index (χ4v) is 18.2. The van der Waals surface area contributed by atoms with Crippen LogP contribution < -0.4 is 81.4 Å². The van der Waals surface area contributed by atoms with Gasteiger partial charge in [0.25, 0.3) is 0 Å². The average Bonchev–Trinajstić information content (AvgIpc) is 1.22. The third-order valence-electron chi connectivity index (χ3n) is 23.2. The second-order valence-corrected chi connectivity index (χ2v) is 36.4. The molecule has 0 bridgehead atoms. The number of aliphatic hydroxyl groups is 2. The first kappa shape index (κ1) is 105. The summed E-state index contributed by atoms with van der Waals surface area (Å²) < 4.78 is 0.809. The number of unbranched alkanes of at least 4 members (excludes halogenated alkanes) is 1. The number of aromatic nitrogens is 1. The number of thioether (sulfide) groups is 2. The Morgan fingerprint density at radius 3 is 1.86 bits per heavy atom. The number of thiophene rings is 1. The predicted octanol–water partition coefficient (Wildman–Crippen LogP) is -3.64. The molecular formula is C87H124N22O20S3. The predicted molar refractivity (Wildman–Crippen MR) is 494 cm³/mol. The molecule has 0 aliphatic carbocycles. The number of nitrogens with one attached hydrogen (secondary N) is 13. The molecule has 5 aromatic rings. The number of phenols is 1. The van der Waals surface area contributed by atoms with Crippen molar-refractivity contribution >= 4 is 162 Å². The smallest absolute Gasteiger partial charge is 0.246 e. The largest absolute Gasteiger partial charge is 0.508 e. The van der Waals surface area contributed by atoms with Gasteiger partial charge >= 0.3 is 0 Å². The van der Waals surface area contributed by atoms with Crippen molar-refractivity contribution in [3.05, 3.63) is 101 Å². The minimum absolute atomic E-state index is 0.0143. The fraction of sp³-hybridized carbons (Fsp3) is 0.540. The van der Waals surface area contributed by atoms with Crippen LogP contribution in [0.5, 0.6) is 5.75 Å². The number of likely N-dealkylation sites (N-methyl/N-ethyl adjacent to an activating group) is 3. The van der Waals surface area contributed by atoms with Gasteiger partial charge in [0.05, 0.1) is 31.4 Å². The van der Waals surface area contributed by atoms with E-state index in [0.29, 0.717) is 45.8 Å². The van der Waals surface area contributed by atoms with E-state index in [1.54, 1.807) is 62.0 Å². The molecule has 3 aliphatic heterocycles. The number of primary amides is 2. The summed E-state index contributed by atoms with van der Waals surface area (Å²) in [6.45, 7) is 3.55. The summed E-state index contributed by atoms with van der Waals surface area (Å²) in [5, 5.41) is 72.4. The summed E-state index contributed by atoms with van der Waals surface area (Å²) >= 11 is 3.43. The van der Waals surface area contributed by atoms with Crippen LogP contribution in [0.2, 0.25) is 0 Å². The van der Waals surface area contributed by atoms with E-state index in [2.05, 4.69) is 63.5 Å². The van der Waals surface area contributed by atoms with Gasteiger partial charge in [-0.25, -0.2) is 0 Å². The molecule has 8 rings (SSSR count). The first-order valence-electron chi connectivity index (χ1n) is 43.7. The molecule has 2 aromatic heterocycles. The maximum Gasteiger partial charge on any atom is 0.246 e. The number of aromatic hydroxyl groups is 1. The molecule has 42 nitrogen and oxygen atoms in total. The quantitative estimate of drug-likeness (QED) is 0.0152. The van der Waals surface area contributed by atoms with E-state index < -0.39 is 241 Å². The van der Waals surface area contributed by atoms with Crippen LogP contribution in [0.15, 0.2) is 84.4 Å². The summed E-state index contributed by atoms with van der Waals surface area (Å²) in [4.78, 5) is 257. The van der Waals surface area contributed by atoms with Crippen molar-refractivity contribution in [2.75, 3.05) is 84.0 Å². The highest BCUT2D eigenvalue weighted by molar-refractivity contribution is 8.00. The molecule has 0 spiro atoms. The van der Waals surface area contributed by atoms with Crippen LogP contribution in [0.1, 0.15) is 115 Å². The third kappa shape index (κ3) is 29.4. The number of aromatic amines is 1. The van der Waals surface area contributed by atoms with Crippen LogP contribution in [0.25, 0.3) is 21.0 Å². The lowest BCUT2D eigenvalue weighted by Crippen LogP contribution is -2.62. The topological polar surface area (TPSA) is 643 Å². The number of carbonyl (C=O) groups is 17. The Hall–Kier alpha value is -12.2. The van der Waals surface area contributed by atoms with E-state index in [1.165, 1.54) is 75.4 Å². The van der Waals surface area contributed by atoms with Crippen LogP contribution >= 0.6 is 34.9 Å². The summed E-state index contributed by atoms with van der Waals surface area (Å²) in [5.74, 6) is -17.9. The zero-order chi connectivity index (χ0) is 96.9. The molecule has 3 saturated heterocycles.